The fourth-order valence-electron chi connectivity index (χ4n) is 1.57. The smallest absolute Gasteiger partial charge is 0.237 e. The molecule has 5 nitrogen and oxygen atoms in total. The Kier molecular flexibility index (Phi) is 5.82. The second-order valence-electron chi connectivity index (χ2n) is 4.65. The molecule has 0 aromatic heterocycles. The number of carbonyl (C=O) groups is 1. The van der Waals surface area contributed by atoms with Gasteiger partial charge in [-0.2, -0.15) is 0 Å². The van der Waals surface area contributed by atoms with E-state index in [2.05, 4.69) is 5.32 Å². The van der Waals surface area contributed by atoms with Gasteiger partial charge in [0, 0.05) is 28.3 Å². The summed E-state index contributed by atoms with van der Waals surface area (Å²) in [7, 11) is 0.357. The molecular formula is C13H20N2O3S. The lowest BCUT2D eigenvalue weighted by molar-refractivity contribution is -0.113. The first-order chi connectivity index (χ1) is 8.92. The predicted octanol–water partition coefficient (Wildman–Crippen LogP) is 1.62. The zero-order valence-corrected chi connectivity index (χ0v) is 12.3. The minimum absolute atomic E-state index is 0.00822. The van der Waals surface area contributed by atoms with Gasteiger partial charge in [-0.3, -0.25) is 9.00 Å². The number of carbonyl (C=O) groups excluding carboxylic acids is 1. The van der Waals surface area contributed by atoms with E-state index in [9.17, 15) is 9.00 Å². The van der Waals surface area contributed by atoms with Crippen molar-refractivity contribution in [1.29, 1.82) is 0 Å². The molecule has 0 aliphatic rings. The zero-order valence-electron chi connectivity index (χ0n) is 11.4. The Hall–Kier alpha value is -1.56. The fraction of sp³-hybridized carbons (Fsp3) is 0.462. The normalized spacial score (nSPS) is 12.2. The highest BCUT2D eigenvalue weighted by molar-refractivity contribution is 7.85. The third-order valence-electron chi connectivity index (χ3n) is 2.31. The van der Waals surface area contributed by atoms with E-state index in [4.69, 9.17) is 10.5 Å². The number of ether oxygens (including phenoxy) is 1. The maximum Gasteiger partial charge on any atom is 0.237 e. The average molecular weight is 284 g/mol. The Bertz CT molecular complexity index is 475. The monoisotopic (exact) mass is 284 g/mol. The lowest BCUT2D eigenvalue weighted by Gasteiger charge is -2.11. The van der Waals surface area contributed by atoms with Crippen molar-refractivity contribution >= 4 is 28.1 Å². The molecule has 1 rings (SSSR count). The van der Waals surface area contributed by atoms with E-state index in [1.807, 2.05) is 13.8 Å². The number of rotatable bonds is 6. The summed E-state index contributed by atoms with van der Waals surface area (Å²) < 4.78 is 16.8. The van der Waals surface area contributed by atoms with Gasteiger partial charge in [0.25, 0.3) is 0 Å². The summed E-state index contributed by atoms with van der Waals surface area (Å²) in [6, 6.07) is 4.96. The largest absolute Gasteiger partial charge is 0.494 e. The molecule has 3 N–H and O–H groups in total. The van der Waals surface area contributed by atoms with E-state index < -0.39 is 10.8 Å². The predicted molar refractivity (Wildman–Crippen MR) is 78.8 cm³/mol. The van der Waals surface area contributed by atoms with Crippen LogP contribution in [0.5, 0.6) is 5.75 Å². The Morgan fingerprint density at radius 3 is 2.74 bits per heavy atom. The lowest BCUT2D eigenvalue weighted by atomic mass is 10.2. The van der Waals surface area contributed by atoms with Crippen molar-refractivity contribution in [3.8, 4) is 5.75 Å². The van der Waals surface area contributed by atoms with Crippen molar-refractivity contribution in [2.75, 3.05) is 29.7 Å². The minimum atomic E-state index is -1.14. The Morgan fingerprint density at radius 1 is 1.47 bits per heavy atom. The Morgan fingerprint density at radius 2 is 2.16 bits per heavy atom. The Labute approximate surface area is 116 Å². The van der Waals surface area contributed by atoms with Crippen LogP contribution in [-0.2, 0) is 15.6 Å². The van der Waals surface area contributed by atoms with Gasteiger partial charge in [-0.15, -0.1) is 0 Å². The SMILES string of the molecule is COc1cc(N)ccc1NC(=O)CS(=O)CC(C)C. The van der Waals surface area contributed by atoms with Crippen LogP contribution in [0.15, 0.2) is 18.2 Å². The summed E-state index contributed by atoms with van der Waals surface area (Å²) in [4.78, 5) is 11.8. The second kappa shape index (κ2) is 7.13. The van der Waals surface area contributed by atoms with Crippen LogP contribution >= 0.6 is 0 Å². The van der Waals surface area contributed by atoms with Crippen molar-refractivity contribution in [2.24, 2.45) is 5.92 Å². The van der Waals surface area contributed by atoms with E-state index >= 15 is 0 Å². The summed E-state index contributed by atoms with van der Waals surface area (Å²) in [5.74, 6) is 1.02. The molecule has 1 atom stereocenters. The van der Waals surface area contributed by atoms with E-state index in [0.717, 1.165) is 0 Å². The Balaban J connectivity index is 2.64. The number of nitrogen functional groups attached to an aromatic ring is 1. The average Bonchev–Trinajstić information content (AvgIpc) is 2.30. The van der Waals surface area contributed by atoms with E-state index in [-0.39, 0.29) is 11.7 Å². The summed E-state index contributed by atoms with van der Waals surface area (Å²) in [5.41, 5.74) is 6.71. The van der Waals surface area contributed by atoms with Gasteiger partial charge in [0.05, 0.1) is 12.8 Å². The van der Waals surface area contributed by atoms with Crippen LogP contribution in [0, 0.1) is 5.92 Å². The summed E-state index contributed by atoms with van der Waals surface area (Å²) in [6.45, 7) is 3.94. The van der Waals surface area contributed by atoms with Crippen LogP contribution in [0.2, 0.25) is 0 Å². The lowest BCUT2D eigenvalue weighted by Crippen LogP contribution is -2.22. The van der Waals surface area contributed by atoms with Crippen molar-refractivity contribution in [3.63, 3.8) is 0 Å². The first-order valence-electron chi connectivity index (χ1n) is 6.00. The molecule has 0 spiro atoms. The summed E-state index contributed by atoms with van der Waals surface area (Å²) in [5, 5.41) is 2.68. The van der Waals surface area contributed by atoms with Gasteiger partial charge in [0.15, 0.2) is 0 Å². The number of amides is 1. The molecule has 106 valence electrons. The summed E-state index contributed by atoms with van der Waals surface area (Å²) >= 11 is 0. The molecule has 1 aromatic rings. The van der Waals surface area contributed by atoms with Crippen LogP contribution in [0.4, 0.5) is 11.4 Å². The minimum Gasteiger partial charge on any atom is -0.494 e. The first-order valence-corrected chi connectivity index (χ1v) is 7.49. The van der Waals surface area contributed by atoms with Crippen LogP contribution in [0.3, 0.4) is 0 Å². The maximum atomic E-state index is 11.8. The van der Waals surface area contributed by atoms with Gasteiger partial charge >= 0.3 is 0 Å². The van der Waals surface area contributed by atoms with Gasteiger partial charge in [0.2, 0.25) is 5.91 Å². The number of benzene rings is 1. The van der Waals surface area contributed by atoms with Gasteiger partial charge in [-0.25, -0.2) is 0 Å². The first kappa shape index (κ1) is 15.5. The van der Waals surface area contributed by atoms with E-state index in [1.165, 1.54) is 7.11 Å². The molecule has 0 saturated heterocycles. The highest BCUT2D eigenvalue weighted by Gasteiger charge is 2.12. The van der Waals surface area contributed by atoms with Crippen molar-refractivity contribution < 1.29 is 13.7 Å². The molecule has 1 unspecified atom stereocenters. The molecule has 0 bridgehead atoms. The number of hydrogen-bond acceptors (Lipinski definition) is 4. The molecule has 0 saturated carbocycles. The van der Waals surface area contributed by atoms with Crippen molar-refractivity contribution in [2.45, 2.75) is 13.8 Å². The van der Waals surface area contributed by atoms with Gasteiger partial charge < -0.3 is 15.8 Å². The second-order valence-corrected chi connectivity index (χ2v) is 6.15. The maximum absolute atomic E-state index is 11.8. The number of methoxy groups -OCH3 is 1. The van der Waals surface area contributed by atoms with Crippen LogP contribution in [-0.4, -0.2) is 28.7 Å². The molecule has 0 aliphatic heterocycles. The fourth-order valence-corrected chi connectivity index (χ4v) is 2.80. The highest BCUT2D eigenvalue weighted by atomic mass is 32.2. The van der Waals surface area contributed by atoms with Crippen LogP contribution in [0.25, 0.3) is 0 Å². The molecule has 0 aliphatic carbocycles. The molecule has 0 radical (unpaired) electrons. The quantitative estimate of drug-likeness (QED) is 0.778. The molecule has 0 heterocycles. The standard InChI is InChI=1S/C13H20N2O3S/c1-9(2)7-19(17)8-13(16)15-11-5-4-10(14)6-12(11)18-3/h4-6,9H,7-8,14H2,1-3H3,(H,15,16). The topological polar surface area (TPSA) is 81.4 Å². The number of anilines is 2. The molecule has 19 heavy (non-hydrogen) atoms. The van der Waals surface area contributed by atoms with Crippen molar-refractivity contribution in [3.05, 3.63) is 18.2 Å². The van der Waals surface area contributed by atoms with Gasteiger partial charge in [-0.1, -0.05) is 13.8 Å². The number of hydrogen-bond donors (Lipinski definition) is 2. The third-order valence-corrected chi connectivity index (χ3v) is 3.93. The van der Waals surface area contributed by atoms with Gasteiger partial charge in [-0.05, 0) is 18.1 Å². The third kappa shape index (κ3) is 5.30. The molecule has 1 aromatic carbocycles. The summed E-state index contributed by atoms with van der Waals surface area (Å²) in [6.07, 6.45) is 0. The number of nitrogens with two attached hydrogens (primary N) is 1. The van der Waals surface area contributed by atoms with Crippen molar-refractivity contribution in [1.82, 2.24) is 0 Å². The number of nitrogens with one attached hydrogen (secondary N) is 1. The zero-order chi connectivity index (χ0) is 14.4. The molecule has 1 amide bonds. The highest BCUT2D eigenvalue weighted by Crippen LogP contribution is 2.26. The van der Waals surface area contributed by atoms with Gasteiger partial charge in [0.1, 0.15) is 11.5 Å². The van der Waals surface area contributed by atoms with E-state index in [1.54, 1.807) is 18.2 Å². The van der Waals surface area contributed by atoms with E-state index in [0.29, 0.717) is 28.8 Å². The molecule has 6 heteroatoms. The van der Waals surface area contributed by atoms with Crippen LogP contribution in [0.1, 0.15) is 13.8 Å². The van der Waals surface area contributed by atoms with Crippen LogP contribution < -0.4 is 15.8 Å². The molecule has 0 fully saturated rings. The molecular weight excluding hydrogens is 264 g/mol.